The molecule has 2 aromatic carbocycles. The van der Waals surface area contributed by atoms with Crippen LogP contribution in [0.4, 0.5) is 24.5 Å². The highest BCUT2D eigenvalue weighted by molar-refractivity contribution is 6.04. The summed E-state index contributed by atoms with van der Waals surface area (Å²) < 4.78 is 45.2. The summed E-state index contributed by atoms with van der Waals surface area (Å²) >= 11 is 0. The second-order valence-corrected chi connectivity index (χ2v) is 6.61. The highest BCUT2D eigenvalue weighted by Crippen LogP contribution is 2.36. The summed E-state index contributed by atoms with van der Waals surface area (Å²) in [4.78, 5) is 24.2. The number of carbonyl (C=O) groups is 2. The molecule has 0 saturated carbocycles. The summed E-state index contributed by atoms with van der Waals surface area (Å²) in [7, 11) is 0. The quantitative estimate of drug-likeness (QED) is 0.533. The highest BCUT2D eigenvalue weighted by atomic mass is 19.4. The average molecular weight is 416 g/mol. The normalized spacial score (nSPS) is 11.2. The predicted molar refractivity (Wildman–Crippen MR) is 106 cm³/mol. The van der Waals surface area contributed by atoms with Gasteiger partial charge < -0.3 is 15.1 Å². The third-order valence-electron chi connectivity index (χ3n) is 4.35. The van der Waals surface area contributed by atoms with Gasteiger partial charge in [0.1, 0.15) is 6.26 Å². The molecule has 5 nitrogen and oxygen atoms in total. The van der Waals surface area contributed by atoms with E-state index in [2.05, 4.69) is 10.6 Å². The minimum Gasteiger partial charge on any atom is -0.472 e. The lowest BCUT2D eigenvalue weighted by Gasteiger charge is -2.16. The number of furan rings is 1. The molecule has 0 fully saturated rings. The van der Waals surface area contributed by atoms with Crippen molar-refractivity contribution in [2.45, 2.75) is 25.4 Å². The van der Waals surface area contributed by atoms with Crippen LogP contribution < -0.4 is 10.6 Å². The van der Waals surface area contributed by atoms with Crippen molar-refractivity contribution >= 4 is 23.2 Å². The fraction of sp³-hybridized carbons (Fsp3) is 0.182. The lowest BCUT2D eigenvalue weighted by Crippen LogP contribution is -2.18. The van der Waals surface area contributed by atoms with Crippen molar-refractivity contribution < 1.29 is 27.2 Å². The lowest BCUT2D eigenvalue weighted by atomic mass is 10.1. The maximum atomic E-state index is 13.5. The Kier molecular flexibility index (Phi) is 6.56. The van der Waals surface area contributed by atoms with Gasteiger partial charge in [0, 0.05) is 12.1 Å². The first-order valence-corrected chi connectivity index (χ1v) is 9.21. The van der Waals surface area contributed by atoms with Crippen molar-refractivity contribution in [2.24, 2.45) is 0 Å². The summed E-state index contributed by atoms with van der Waals surface area (Å²) in [5.41, 5.74) is -0.202. The Morgan fingerprint density at radius 1 is 0.967 bits per heavy atom. The smallest absolute Gasteiger partial charge is 0.418 e. The molecule has 2 amide bonds. The van der Waals surface area contributed by atoms with Gasteiger partial charge in [0.05, 0.1) is 23.1 Å². The van der Waals surface area contributed by atoms with Crippen LogP contribution in [0.15, 0.2) is 71.5 Å². The molecule has 0 spiro atoms. The van der Waals surface area contributed by atoms with Gasteiger partial charge in [0.25, 0.3) is 5.91 Å². The Morgan fingerprint density at radius 2 is 1.73 bits per heavy atom. The molecule has 30 heavy (non-hydrogen) atoms. The van der Waals surface area contributed by atoms with Crippen LogP contribution in [-0.4, -0.2) is 11.8 Å². The number of aryl methyl sites for hydroxylation is 1. The molecule has 0 unspecified atom stereocenters. The maximum absolute atomic E-state index is 13.5. The Bertz CT molecular complexity index is 1000. The Morgan fingerprint density at radius 3 is 2.40 bits per heavy atom. The number of anilines is 2. The molecule has 8 heteroatoms. The summed E-state index contributed by atoms with van der Waals surface area (Å²) in [5, 5.41) is 4.70. The molecule has 0 bridgehead atoms. The fourth-order valence-electron chi connectivity index (χ4n) is 2.87. The third-order valence-corrected chi connectivity index (χ3v) is 4.35. The number of rotatable bonds is 7. The van der Waals surface area contributed by atoms with E-state index in [1.807, 2.05) is 30.3 Å². The third kappa shape index (κ3) is 5.73. The van der Waals surface area contributed by atoms with Gasteiger partial charge in [-0.2, -0.15) is 13.2 Å². The zero-order chi connectivity index (χ0) is 21.6. The van der Waals surface area contributed by atoms with Crippen LogP contribution in [0.25, 0.3) is 0 Å². The molecule has 0 saturated heterocycles. The van der Waals surface area contributed by atoms with E-state index in [0.717, 1.165) is 17.7 Å². The number of amides is 2. The second-order valence-electron chi connectivity index (χ2n) is 6.61. The Hall–Kier alpha value is -3.55. The topological polar surface area (TPSA) is 71.3 Å². The van der Waals surface area contributed by atoms with Gasteiger partial charge >= 0.3 is 6.18 Å². The Balaban J connectivity index is 1.66. The van der Waals surface area contributed by atoms with E-state index in [1.54, 1.807) is 0 Å². The molecular formula is C22H19F3N2O3. The van der Waals surface area contributed by atoms with Crippen LogP contribution in [0.3, 0.4) is 0 Å². The summed E-state index contributed by atoms with van der Waals surface area (Å²) in [5.74, 6) is -1.11. The van der Waals surface area contributed by atoms with Gasteiger partial charge in [-0.3, -0.25) is 9.59 Å². The van der Waals surface area contributed by atoms with Gasteiger partial charge in [0.2, 0.25) is 5.91 Å². The molecular weight excluding hydrogens is 397 g/mol. The average Bonchev–Trinajstić information content (AvgIpc) is 3.24. The summed E-state index contributed by atoms with van der Waals surface area (Å²) in [6.45, 7) is 0. The first kappa shape index (κ1) is 21.2. The number of halogens is 3. The molecule has 0 radical (unpaired) electrons. The van der Waals surface area contributed by atoms with Gasteiger partial charge in [-0.05, 0) is 42.7 Å². The molecule has 0 atom stereocenters. The van der Waals surface area contributed by atoms with Crippen LogP contribution >= 0.6 is 0 Å². The molecule has 2 N–H and O–H groups in total. The molecule has 156 valence electrons. The van der Waals surface area contributed by atoms with E-state index in [9.17, 15) is 22.8 Å². The zero-order valence-electron chi connectivity index (χ0n) is 15.8. The minimum absolute atomic E-state index is 0.0457. The van der Waals surface area contributed by atoms with E-state index in [0.29, 0.717) is 12.8 Å². The van der Waals surface area contributed by atoms with Gasteiger partial charge in [-0.1, -0.05) is 30.3 Å². The fourth-order valence-corrected chi connectivity index (χ4v) is 2.87. The van der Waals surface area contributed by atoms with E-state index in [4.69, 9.17) is 4.42 Å². The maximum Gasteiger partial charge on any atom is 0.418 e. The van der Waals surface area contributed by atoms with Gasteiger partial charge in [-0.15, -0.1) is 0 Å². The van der Waals surface area contributed by atoms with Crippen molar-refractivity contribution in [3.8, 4) is 0 Å². The lowest BCUT2D eigenvalue weighted by molar-refractivity contribution is -0.136. The first-order chi connectivity index (χ1) is 14.3. The molecule has 0 aliphatic rings. The van der Waals surface area contributed by atoms with Gasteiger partial charge in [-0.25, -0.2) is 0 Å². The number of nitrogens with one attached hydrogen (secondary N) is 2. The molecule has 1 heterocycles. The molecule has 0 aliphatic carbocycles. The Labute approximate surface area is 170 Å². The van der Waals surface area contributed by atoms with Crippen LogP contribution in [0.5, 0.6) is 0 Å². The van der Waals surface area contributed by atoms with Crippen LogP contribution in [-0.2, 0) is 17.4 Å². The SMILES string of the molecule is O=C(CCCc1ccccc1)Nc1ccc(NC(=O)c2ccoc2)cc1C(F)(F)F. The standard InChI is InChI=1S/C22H19F3N2O3/c23-22(24,25)18-13-17(26-21(29)16-11-12-30-14-16)9-10-19(18)27-20(28)8-4-7-15-5-2-1-3-6-15/h1-3,5-6,9-14H,4,7-8H2,(H,26,29)(H,27,28). The van der Waals surface area contributed by atoms with Crippen molar-refractivity contribution in [3.63, 3.8) is 0 Å². The van der Waals surface area contributed by atoms with Crippen LogP contribution in [0.2, 0.25) is 0 Å². The number of hydrogen-bond acceptors (Lipinski definition) is 3. The second kappa shape index (κ2) is 9.30. The van der Waals surface area contributed by atoms with Crippen molar-refractivity contribution in [1.29, 1.82) is 0 Å². The van der Waals surface area contributed by atoms with E-state index in [1.165, 1.54) is 24.7 Å². The molecule has 0 aliphatic heterocycles. The van der Waals surface area contributed by atoms with E-state index >= 15 is 0 Å². The van der Waals surface area contributed by atoms with Crippen LogP contribution in [0.1, 0.15) is 34.3 Å². The molecule has 1 aromatic heterocycles. The number of hydrogen-bond donors (Lipinski definition) is 2. The largest absolute Gasteiger partial charge is 0.472 e. The zero-order valence-corrected chi connectivity index (χ0v) is 15.8. The molecule has 3 aromatic rings. The first-order valence-electron chi connectivity index (χ1n) is 9.21. The predicted octanol–water partition coefficient (Wildman–Crippen LogP) is 5.51. The highest BCUT2D eigenvalue weighted by Gasteiger charge is 2.34. The number of benzene rings is 2. The summed E-state index contributed by atoms with van der Waals surface area (Å²) in [6.07, 6.45) is -0.986. The number of carbonyl (C=O) groups excluding carboxylic acids is 2. The van der Waals surface area contributed by atoms with E-state index < -0.39 is 23.6 Å². The van der Waals surface area contributed by atoms with E-state index in [-0.39, 0.29) is 23.4 Å². The van der Waals surface area contributed by atoms with Crippen molar-refractivity contribution in [3.05, 3.63) is 83.8 Å². The van der Waals surface area contributed by atoms with Crippen molar-refractivity contribution in [2.75, 3.05) is 10.6 Å². The van der Waals surface area contributed by atoms with Crippen LogP contribution in [0, 0.1) is 0 Å². The van der Waals surface area contributed by atoms with Crippen molar-refractivity contribution in [1.82, 2.24) is 0 Å². The molecule has 3 rings (SSSR count). The minimum atomic E-state index is -4.71. The monoisotopic (exact) mass is 416 g/mol. The van der Waals surface area contributed by atoms with Gasteiger partial charge in [0.15, 0.2) is 0 Å². The summed E-state index contributed by atoms with van der Waals surface area (Å²) in [6, 6.07) is 14.1. The number of alkyl halides is 3.